The molecule has 0 aliphatic carbocycles. The number of hydrogen-bond acceptors (Lipinski definition) is 5. The quantitative estimate of drug-likeness (QED) is 0.511. The lowest BCUT2D eigenvalue weighted by molar-refractivity contribution is -0.384. The van der Waals surface area contributed by atoms with Crippen LogP contribution in [0.2, 0.25) is 0 Å². The molecule has 2 aromatic carbocycles. The molecular formula is C22H21N3O4. The van der Waals surface area contributed by atoms with Crippen molar-refractivity contribution in [2.24, 2.45) is 0 Å². The van der Waals surface area contributed by atoms with E-state index in [1.54, 1.807) is 12.3 Å². The van der Waals surface area contributed by atoms with Gasteiger partial charge in [-0.3, -0.25) is 19.8 Å². The third-order valence-corrected chi connectivity index (χ3v) is 5.25. The van der Waals surface area contributed by atoms with Crippen molar-refractivity contribution < 1.29 is 14.1 Å². The van der Waals surface area contributed by atoms with Crippen molar-refractivity contribution in [2.45, 2.75) is 19.0 Å². The number of non-ortho nitro benzene ring substituents is 1. The van der Waals surface area contributed by atoms with Crippen LogP contribution in [0.1, 0.15) is 33.3 Å². The van der Waals surface area contributed by atoms with Crippen LogP contribution in [0.5, 0.6) is 0 Å². The summed E-state index contributed by atoms with van der Waals surface area (Å²) in [4.78, 5) is 25.3. The van der Waals surface area contributed by atoms with E-state index in [0.717, 1.165) is 25.3 Å². The third kappa shape index (κ3) is 4.20. The summed E-state index contributed by atoms with van der Waals surface area (Å²) in [6.45, 7) is 1.97. The van der Waals surface area contributed by atoms with Crippen molar-refractivity contribution in [2.75, 3.05) is 13.1 Å². The molecule has 7 heteroatoms. The van der Waals surface area contributed by atoms with Gasteiger partial charge >= 0.3 is 0 Å². The molecule has 1 atom stereocenters. The molecule has 0 saturated carbocycles. The van der Waals surface area contributed by atoms with Gasteiger partial charge in [0.1, 0.15) is 5.76 Å². The molecule has 148 valence electrons. The first-order chi connectivity index (χ1) is 14.1. The van der Waals surface area contributed by atoms with E-state index in [9.17, 15) is 14.9 Å². The van der Waals surface area contributed by atoms with Gasteiger partial charge in [0.25, 0.3) is 11.6 Å². The Hall–Kier alpha value is -3.45. The Morgan fingerprint density at radius 1 is 1.14 bits per heavy atom. The number of furan rings is 1. The summed E-state index contributed by atoms with van der Waals surface area (Å²) in [6, 6.07) is 17.7. The Bertz CT molecular complexity index is 1020. The molecule has 7 nitrogen and oxygen atoms in total. The first kappa shape index (κ1) is 18.9. The summed E-state index contributed by atoms with van der Waals surface area (Å²) >= 11 is 0. The number of nitro benzene ring substituents is 1. The molecule has 3 aromatic rings. The number of nitro groups is 1. The Labute approximate surface area is 168 Å². The second kappa shape index (κ2) is 8.28. The predicted octanol–water partition coefficient (Wildman–Crippen LogP) is 3.72. The van der Waals surface area contributed by atoms with Crippen molar-refractivity contribution in [3.05, 3.63) is 99.5 Å². The summed E-state index contributed by atoms with van der Waals surface area (Å²) < 4.78 is 5.64. The highest BCUT2D eigenvalue weighted by molar-refractivity contribution is 5.94. The zero-order valence-corrected chi connectivity index (χ0v) is 15.8. The van der Waals surface area contributed by atoms with Crippen LogP contribution in [0.15, 0.2) is 71.3 Å². The van der Waals surface area contributed by atoms with E-state index in [1.165, 1.54) is 29.3 Å². The smallest absolute Gasteiger partial charge is 0.270 e. The summed E-state index contributed by atoms with van der Waals surface area (Å²) in [7, 11) is 0. The molecule has 1 N–H and O–H groups in total. The van der Waals surface area contributed by atoms with Gasteiger partial charge in [-0.05, 0) is 35.7 Å². The van der Waals surface area contributed by atoms with E-state index in [1.807, 2.05) is 18.2 Å². The van der Waals surface area contributed by atoms with Crippen molar-refractivity contribution in [3.8, 4) is 0 Å². The minimum atomic E-state index is -0.506. The van der Waals surface area contributed by atoms with Crippen molar-refractivity contribution in [3.63, 3.8) is 0 Å². The Morgan fingerprint density at radius 3 is 2.72 bits per heavy atom. The lowest BCUT2D eigenvalue weighted by atomic mass is 9.98. The van der Waals surface area contributed by atoms with E-state index < -0.39 is 4.92 Å². The zero-order valence-electron chi connectivity index (χ0n) is 15.8. The fraction of sp³-hybridized carbons (Fsp3) is 0.227. The molecule has 4 rings (SSSR count). The highest BCUT2D eigenvalue weighted by atomic mass is 16.6. The Morgan fingerprint density at radius 2 is 1.97 bits per heavy atom. The topological polar surface area (TPSA) is 88.6 Å². The molecule has 0 unspecified atom stereocenters. The van der Waals surface area contributed by atoms with Crippen LogP contribution in [0.25, 0.3) is 0 Å². The van der Waals surface area contributed by atoms with Gasteiger partial charge < -0.3 is 9.73 Å². The molecule has 29 heavy (non-hydrogen) atoms. The standard InChI is InChI=1S/C22H21N3O4/c26-22(17-7-3-8-19(13-17)25(27)28)23-14-20(21-9-4-12-29-21)24-11-10-16-5-1-2-6-18(16)15-24/h1-9,12-13,20H,10-11,14-15H2,(H,23,26)/t20-/m0/s1. The number of benzene rings is 2. The van der Waals surface area contributed by atoms with Gasteiger partial charge in [0.05, 0.1) is 17.2 Å². The molecule has 1 aliphatic rings. The summed E-state index contributed by atoms with van der Waals surface area (Å²) in [5.41, 5.74) is 2.79. The summed E-state index contributed by atoms with van der Waals surface area (Å²) in [5.74, 6) is 0.436. The maximum Gasteiger partial charge on any atom is 0.270 e. The zero-order chi connectivity index (χ0) is 20.2. The molecule has 2 heterocycles. The Balaban J connectivity index is 1.50. The van der Waals surface area contributed by atoms with Gasteiger partial charge in [0.2, 0.25) is 0 Å². The van der Waals surface area contributed by atoms with Crippen molar-refractivity contribution in [1.82, 2.24) is 10.2 Å². The molecule has 0 spiro atoms. The fourth-order valence-electron chi connectivity index (χ4n) is 3.73. The monoisotopic (exact) mass is 391 g/mol. The molecule has 1 amide bonds. The lowest BCUT2D eigenvalue weighted by Gasteiger charge is -2.34. The number of nitrogens with zero attached hydrogens (tertiary/aromatic N) is 2. The van der Waals surface area contributed by atoms with Crippen LogP contribution in [-0.4, -0.2) is 28.8 Å². The minimum Gasteiger partial charge on any atom is -0.468 e. The number of hydrogen-bond donors (Lipinski definition) is 1. The number of nitrogens with one attached hydrogen (secondary N) is 1. The van der Waals surface area contributed by atoms with Crippen LogP contribution >= 0.6 is 0 Å². The average Bonchev–Trinajstić information content (AvgIpc) is 3.28. The molecule has 0 bridgehead atoms. The van der Waals surface area contributed by atoms with E-state index in [0.29, 0.717) is 6.54 Å². The maximum absolute atomic E-state index is 12.6. The third-order valence-electron chi connectivity index (χ3n) is 5.25. The van der Waals surface area contributed by atoms with Crippen LogP contribution in [0.3, 0.4) is 0 Å². The maximum atomic E-state index is 12.6. The van der Waals surface area contributed by atoms with Gasteiger partial charge in [-0.15, -0.1) is 0 Å². The van der Waals surface area contributed by atoms with Crippen LogP contribution in [-0.2, 0) is 13.0 Å². The number of carbonyl (C=O) groups is 1. The molecular weight excluding hydrogens is 370 g/mol. The predicted molar refractivity (Wildman–Crippen MR) is 107 cm³/mol. The van der Waals surface area contributed by atoms with Crippen molar-refractivity contribution >= 4 is 11.6 Å². The van der Waals surface area contributed by atoms with Gasteiger partial charge in [0, 0.05) is 37.3 Å². The van der Waals surface area contributed by atoms with Crippen molar-refractivity contribution in [1.29, 1.82) is 0 Å². The number of fused-ring (bicyclic) bond motifs is 1. The second-order valence-electron chi connectivity index (χ2n) is 7.04. The second-order valence-corrected chi connectivity index (χ2v) is 7.04. The molecule has 1 aliphatic heterocycles. The SMILES string of the molecule is O=C(NC[C@@H](c1ccco1)N1CCc2ccccc2C1)c1cccc([N+](=O)[O-])c1. The van der Waals surface area contributed by atoms with Crippen LogP contribution in [0.4, 0.5) is 5.69 Å². The molecule has 0 fully saturated rings. The van der Waals surface area contributed by atoms with E-state index >= 15 is 0 Å². The number of rotatable bonds is 6. The molecule has 1 aromatic heterocycles. The highest BCUT2D eigenvalue weighted by Gasteiger charge is 2.27. The first-order valence-corrected chi connectivity index (χ1v) is 9.49. The van der Waals surface area contributed by atoms with Crippen LogP contribution < -0.4 is 5.32 Å². The Kier molecular flexibility index (Phi) is 5.39. The van der Waals surface area contributed by atoms with Crippen LogP contribution in [0, 0.1) is 10.1 Å². The van der Waals surface area contributed by atoms with E-state index in [4.69, 9.17) is 4.42 Å². The first-order valence-electron chi connectivity index (χ1n) is 9.49. The van der Waals surface area contributed by atoms with Gasteiger partial charge in [-0.25, -0.2) is 0 Å². The normalized spacial score (nSPS) is 14.8. The number of amides is 1. The van der Waals surface area contributed by atoms with E-state index in [-0.39, 0.29) is 23.2 Å². The summed E-state index contributed by atoms with van der Waals surface area (Å²) in [5, 5.41) is 13.9. The molecule has 0 radical (unpaired) electrons. The average molecular weight is 391 g/mol. The molecule has 0 saturated heterocycles. The van der Waals surface area contributed by atoms with Gasteiger partial charge in [-0.1, -0.05) is 30.3 Å². The highest BCUT2D eigenvalue weighted by Crippen LogP contribution is 2.28. The number of carbonyl (C=O) groups excluding carboxylic acids is 1. The fourth-order valence-corrected chi connectivity index (χ4v) is 3.73. The summed E-state index contributed by atoms with van der Waals surface area (Å²) in [6.07, 6.45) is 2.56. The van der Waals surface area contributed by atoms with Gasteiger partial charge in [-0.2, -0.15) is 0 Å². The largest absolute Gasteiger partial charge is 0.468 e. The van der Waals surface area contributed by atoms with E-state index in [2.05, 4.69) is 28.4 Å². The van der Waals surface area contributed by atoms with Gasteiger partial charge in [0.15, 0.2) is 0 Å². The minimum absolute atomic E-state index is 0.104. The lowest BCUT2D eigenvalue weighted by Crippen LogP contribution is -2.40.